The number of ether oxygens (including phenoxy) is 1. The van der Waals surface area contributed by atoms with Crippen LogP contribution in [0.2, 0.25) is 0 Å². The van der Waals surface area contributed by atoms with Crippen LogP contribution in [0, 0.1) is 0 Å². The summed E-state index contributed by atoms with van der Waals surface area (Å²) in [6.07, 6.45) is 0. The highest BCUT2D eigenvalue weighted by molar-refractivity contribution is 9.11. The standard InChI is InChI=1S/C23H18Br2NO7P/c1-23(31,34-32)14-8-17(24)20(18(25)9-14)33-15-5-6-19(27)16(10-15)21(28)26-11-12-3-2-4-13(7-12)22(29)30/h2-10,27,31H,11H2,1H3,(H,26,28)(H,29,30). The Morgan fingerprint density at radius 2 is 1.76 bits per heavy atom. The van der Waals surface area contributed by atoms with Crippen molar-refractivity contribution in [1.82, 2.24) is 5.32 Å². The number of amides is 1. The van der Waals surface area contributed by atoms with Gasteiger partial charge in [0.25, 0.3) is 5.91 Å². The molecule has 3 rings (SSSR count). The summed E-state index contributed by atoms with van der Waals surface area (Å²) in [5, 5.41) is 30.5. The summed E-state index contributed by atoms with van der Waals surface area (Å²) in [6.45, 7) is 1.46. The van der Waals surface area contributed by atoms with Crippen LogP contribution in [0.1, 0.15) is 38.8 Å². The molecule has 1 atom stereocenters. The van der Waals surface area contributed by atoms with Crippen molar-refractivity contribution in [3.8, 4) is 17.2 Å². The minimum absolute atomic E-state index is 0.0381. The van der Waals surface area contributed by atoms with Crippen LogP contribution in [0.5, 0.6) is 17.2 Å². The van der Waals surface area contributed by atoms with Crippen molar-refractivity contribution in [3.05, 3.63) is 85.8 Å². The zero-order valence-electron chi connectivity index (χ0n) is 17.6. The fourth-order valence-electron chi connectivity index (χ4n) is 2.95. The molecule has 11 heteroatoms. The van der Waals surface area contributed by atoms with Crippen LogP contribution >= 0.6 is 40.3 Å². The fourth-order valence-corrected chi connectivity index (χ4v) is 4.54. The van der Waals surface area contributed by atoms with Gasteiger partial charge in [-0.3, -0.25) is 9.36 Å². The first-order valence-electron chi connectivity index (χ1n) is 9.69. The van der Waals surface area contributed by atoms with E-state index >= 15 is 0 Å². The topological polar surface area (TPSA) is 133 Å². The Morgan fingerprint density at radius 3 is 2.38 bits per heavy atom. The van der Waals surface area contributed by atoms with E-state index in [9.17, 15) is 24.4 Å². The second-order valence-corrected chi connectivity index (χ2v) is 10.1. The Hall–Kier alpha value is -2.78. The van der Waals surface area contributed by atoms with Crippen molar-refractivity contribution in [2.45, 2.75) is 18.8 Å². The smallest absolute Gasteiger partial charge is 0.335 e. The molecule has 0 radical (unpaired) electrons. The second kappa shape index (κ2) is 10.7. The van der Waals surface area contributed by atoms with Gasteiger partial charge in [-0.05, 0) is 92.4 Å². The molecule has 1 amide bonds. The maximum Gasteiger partial charge on any atom is 0.335 e. The van der Waals surface area contributed by atoms with E-state index in [0.717, 1.165) is 0 Å². The van der Waals surface area contributed by atoms with Gasteiger partial charge in [-0.25, -0.2) is 4.79 Å². The number of nitrogens with one attached hydrogen (secondary N) is 1. The number of aromatic carboxylic acids is 1. The number of carboxylic acid groups (broad SMARTS) is 1. The van der Waals surface area contributed by atoms with E-state index in [1.165, 1.54) is 37.3 Å². The van der Waals surface area contributed by atoms with Crippen LogP contribution in [-0.4, -0.2) is 27.2 Å². The predicted octanol–water partition coefficient (Wildman–Crippen LogP) is 5.79. The van der Waals surface area contributed by atoms with Crippen molar-refractivity contribution in [3.63, 3.8) is 0 Å². The highest BCUT2D eigenvalue weighted by atomic mass is 79.9. The van der Waals surface area contributed by atoms with Crippen molar-refractivity contribution in [2.24, 2.45) is 0 Å². The molecular weight excluding hydrogens is 593 g/mol. The van der Waals surface area contributed by atoms with E-state index in [1.807, 2.05) is 0 Å². The van der Waals surface area contributed by atoms with Gasteiger partial charge in [-0.1, -0.05) is 12.1 Å². The number of rotatable bonds is 8. The lowest BCUT2D eigenvalue weighted by atomic mass is 10.1. The van der Waals surface area contributed by atoms with Crippen LogP contribution in [0.15, 0.2) is 63.5 Å². The SMILES string of the molecule is CC(O)(P=O)c1cc(Br)c(Oc2ccc(O)c(C(=O)NCc3cccc(C(=O)O)c3)c2)c(Br)c1. The summed E-state index contributed by atoms with van der Waals surface area (Å²) in [4.78, 5) is 23.8. The molecule has 176 valence electrons. The molecule has 0 bridgehead atoms. The first kappa shape index (κ1) is 25.8. The Labute approximate surface area is 213 Å². The number of halogens is 2. The number of phenols is 1. The van der Waals surface area contributed by atoms with Crippen molar-refractivity contribution < 1.29 is 34.2 Å². The van der Waals surface area contributed by atoms with Crippen molar-refractivity contribution in [1.29, 1.82) is 0 Å². The largest absolute Gasteiger partial charge is 0.507 e. The third-order valence-electron chi connectivity index (χ3n) is 4.78. The van der Waals surface area contributed by atoms with Crippen molar-refractivity contribution in [2.75, 3.05) is 0 Å². The van der Waals surface area contributed by atoms with Gasteiger partial charge in [-0.2, -0.15) is 0 Å². The number of benzene rings is 3. The number of carbonyl (C=O) groups excluding carboxylic acids is 1. The van der Waals surface area contributed by atoms with E-state index < -0.39 is 25.7 Å². The van der Waals surface area contributed by atoms with Gasteiger partial charge in [0.05, 0.1) is 20.1 Å². The summed E-state index contributed by atoms with van der Waals surface area (Å²) < 4.78 is 18.0. The first-order chi connectivity index (χ1) is 16.0. The molecule has 0 aliphatic rings. The Kier molecular flexibility index (Phi) is 8.09. The number of hydrogen-bond donors (Lipinski definition) is 4. The number of hydrogen-bond acceptors (Lipinski definition) is 6. The highest BCUT2D eigenvalue weighted by Gasteiger charge is 2.26. The summed E-state index contributed by atoms with van der Waals surface area (Å²) >= 11 is 6.73. The summed E-state index contributed by atoms with van der Waals surface area (Å²) in [7, 11) is -0.466. The molecule has 34 heavy (non-hydrogen) atoms. The molecule has 0 aliphatic heterocycles. The van der Waals surface area contributed by atoms with Gasteiger partial charge in [0.15, 0.2) is 19.6 Å². The predicted molar refractivity (Wildman–Crippen MR) is 132 cm³/mol. The molecule has 1 unspecified atom stereocenters. The van der Waals surface area contributed by atoms with Gasteiger partial charge >= 0.3 is 5.97 Å². The highest BCUT2D eigenvalue weighted by Crippen LogP contribution is 2.42. The average molecular weight is 611 g/mol. The van der Waals surface area contributed by atoms with E-state index in [2.05, 4.69) is 37.2 Å². The molecular formula is C23H18Br2NO7P. The molecule has 0 saturated heterocycles. The van der Waals surface area contributed by atoms with Gasteiger partial charge in [0.1, 0.15) is 11.5 Å². The summed E-state index contributed by atoms with van der Waals surface area (Å²) in [5.74, 6) is -1.33. The fraction of sp³-hybridized carbons (Fsp3) is 0.130. The van der Waals surface area contributed by atoms with Crippen LogP contribution in [0.3, 0.4) is 0 Å². The minimum Gasteiger partial charge on any atom is -0.507 e. The van der Waals surface area contributed by atoms with E-state index in [4.69, 9.17) is 9.84 Å². The molecule has 0 fully saturated rings. The summed E-state index contributed by atoms with van der Waals surface area (Å²) in [5.41, 5.74) is 1.03. The van der Waals surface area contributed by atoms with Gasteiger partial charge in [0.2, 0.25) is 0 Å². The zero-order chi connectivity index (χ0) is 25.0. The molecule has 8 nitrogen and oxygen atoms in total. The molecule has 0 aliphatic carbocycles. The minimum atomic E-state index is -1.59. The lowest BCUT2D eigenvalue weighted by Gasteiger charge is -2.18. The van der Waals surface area contributed by atoms with Crippen LogP contribution in [0.25, 0.3) is 0 Å². The summed E-state index contributed by atoms with van der Waals surface area (Å²) in [6, 6.07) is 13.4. The molecule has 0 saturated carbocycles. The van der Waals surface area contributed by atoms with E-state index in [-0.39, 0.29) is 29.2 Å². The first-order valence-corrected chi connectivity index (χ1v) is 12.1. The quantitative estimate of drug-likeness (QED) is 0.237. The Balaban J connectivity index is 1.80. The molecule has 4 N–H and O–H groups in total. The third kappa shape index (κ3) is 6.01. The van der Waals surface area contributed by atoms with E-state index in [1.54, 1.807) is 24.3 Å². The van der Waals surface area contributed by atoms with E-state index in [0.29, 0.717) is 25.8 Å². The Morgan fingerprint density at radius 1 is 1.09 bits per heavy atom. The Bertz CT molecular complexity index is 1260. The van der Waals surface area contributed by atoms with Crippen LogP contribution in [-0.2, 0) is 16.5 Å². The average Bonchev–Trinajstić information content (AvgIpc) is 2.80. The van der Waals surface area contributed by atoms with Gasteiger partial charge in [-0.15, -0.1) is 0 Å². The molecule has 0 aromatic heterocycles. The van der Waals surface area contributed by atoms with Crippen LogP contribution in [0.4, 0.5) is 0 Å². The molecule has 3 aromatic rings. The maximum absolute atomic E-state index is 12.7. The van der Waals surface area contributed by atoms with Gasteiger partial charge < -0.3 is 25.4 Å². The van der Waals surface area contributed by atoms with Crippen molar-refractivity contribution >= 4 is 52.2 Å². The molecule has 3 aromatic carbocycles. The number of aromatic hydroxyl groups is 1. The van der Waals surface area contributed by atoms with Gasteiger partial charge in [0, 0.05) is 6.54 Å². The lowest BCUT2D eigenvalue weighted by molar-refractivity contribution is 0.0696. The monoisotopic (exact) mass is 609 g/mol. The maximum atomic E-state index is 12.7. The lowest BCUT2D eigenvalue weighted by Crippen LogP contribution is -2.23. The second-order valence-electron chi connectivity index (χ2n) is 7.35. The number of phenolic OH excluding ortho intramolecular Hbond substituents is 1. The molecule has 0 spiro atoms. The third-order valence-corrected chi connectivity index (χ3v) is 6.57. The molecule has 0 heterocycles. The zero-order valence-corrected chi connectivity index (χ0v) is 21.6. The normalized spacial score (nSPS) is 12.7. The number of aliphatic hydroxyl groups is 1. The number of carboxylic acids is 1. The number of carbonyl (C=O) groups is 2. The van der Waals surface area contributed by atoms with Crippen LogP contribution < -0.4 is 10.1 Å².